The van der Waals surface area contributed by atoms with E-state index in [1.54, 1.807) is 13.8 Å². The van der Waals surface area contributed by atoms with Crippen LogP contribution in [0.25, 0.3) is 11.1 Å². The van der Waals surface area contributed by atoms with Crippen molar-refractivity contribution in [2.24, 2.45) is 5.41 Å². The average Bonchev–Trinajstić information content (AvgIpc) is 2.75. The van der Waals surface area contributed by atoms with Crippen LogP contribution >= 0.6 is 0 Å². The summed E-state index contributed by atoms with van der Waals surface area (Å²) in [5.41, 5.74) is 2.41. The molecule has 0 saturated heterocycles. The molecule has 0 bridgehead atoms. The molecule has 0 saturated carbocycles. The maximum Gasteiger partial charge on any atom is 0.303 e. The second-order valence-electron chi connectivity index (χ2n) is 9.75. The zero-order chi connectivity index (χ0) is 25.1. The van der Waals surface area contributed by atoms with Gasteiger partial charge >= 0.3 is 5.97 Å². The average molecular weight is 468 g/mol. The van der Waals surface area contributed by atoms with E-state index in [2.05, 4.69) is 10.6 Å². The van der Waals surface area contributed by atoms with Crippen molar-refractivity contribution in [2.75, 3.05) is 27.2 Å². The van der Waals surface area contributed by atoms with Crippen molar-refractivity contribution in [3.8, 4) is 11.1 Å². The number of carboxylic acids is 1. The summed E-state index contributed by atoms with van der Waals surface area (Å²) in [6.07, 6.45) is 1.05. The van der Waals surface area contributed by atoms with E-state index in [9.17, 15) is 14.4 Å². The van der Waals surface area contributed by atoms with Gasteiger partial charge in [-0.05, 0) is 49.2 Å². The summed E-state index contributed by atoms with van der Waals surface area (Å²) >= 11 is 0. The number of carbonyl (C=O) groups is 3. The van der Waals surface area contributed by atoms with E-state index < -0.39 is 17.4 Å². The minimum atomic E-state index is -0.952. The number of nitrogens with one attached hydrogen (secondary N) is 2. The summed E-state index contributed by atoms with van der Waals surface area (Å²) in [5.74, 6) is -1.53. The quantitative estimate of drug-likeness (QED) is 0.393. The van der Waals surface area contributed by atoms with Gasteiger partial charge in [0.15, 0.2) is 0 Å². The molecular formula is C27H37N3O4. The highest BCUT2D eigenvalue weighted by atomic mass is 16.4. The zero-order valence-corrected chi connectivity index (χ0v) is 20.6. The topological polar surface area (TPSA) is 98.7 Å². The third kappa shape index (κ3) is 9.75. The van der Waals surface area contributed by atoms with Gasteiger partial charge < -0.3 is 20.6 Å². The van der Waals surface area contributed by atoms with Gasteiger partial charge in [-0.2, -0.15) is 0 Å². The predicted molar refractivity (Wildman–Crippen MR) is 134 cm³/mol. The van der Waals surface area contributed by atoms with Crippen molar-refractivity contribution < 1.29 is 19.5 Å². The van der Waals surface area contributed by atoms with Crippen LogP contribution in [0.15, 0.2) is 54.6 Å². The maximum absolute atomic E-state index is 12.9. The van der Waals surface area contributed by atoms with Crippen LogP contribution in [0.2, 0.25) is 0 Å². The second kappa shape index (κ2) is 12.9. The molecule has 2 rings (SSSR count). The molecule has 0 spiro atoms. The number of carbonyl (C=O) groups excluding carboxylic acids is 2. The monoisotopic (exact) mass is 467 g/mol. The van der Waals surface area contributed by atoms with Crippen LogP contribution in [0.5, 0.6) is 0 Å². The smallest absolute Gasteiger partial charge is 0.303 e. The van der Waals surface area contributed by atoms with Gasteiger partial charge in [0.05, 0.1) is 6.42 Å². The molecule has 7 heteroatoms. The van der Waals surface area contributed by atoms with Crippen molar-refractivity contribution in [2.45, 2.75) is 45.6 Å². The van der Waals surface area contributed by atoms with Crippen LogP contribution in [-0.2, 0) is 20.8 Å². The van der Waals surface area contributed by atoms with E-state index >= 15 is 0 Å². The molecule has 0 aromatic heterocycles. The SMILES string of the molecule is CN(C)CCCNC(=O)[C@@H](Cc1ccc(-c2ccccc2)cc1)NC(=O)CC(C)(C)CC(=O)O. The molecule has 2 amide bonds. The second-order valence-corrected chi connectivity index (χ2v) is 9.75. The number of carboxylic acid groups (broad SMARTS) is 1. The van der Waals surface area contributed by atoms with Crippen molar-refractivity contribution >= 4 is 17.8 Å². The molecule has 2 aromatic carbocycles. The highest BCUT2D eigenvalue weighted by Gasteiger charge is 2.28. The Balaban J connectivity index is 2.08. The van der Waals surface area contributed by atoms with Gasteiger partial charge in [-0.1, -0.05) is 68.4 Å². The number of nitrogens with zero attached hydrogens (tertiary/aromatic N) is 1. The molecular weight excluding hydrogens is 430 g/mol. The summed E-state index contributed by atoms with van der Waals surface area (Å²) in [6.45, 7) is 4.83. The van der Waals surface area contributed by atoms with Crippen LogP contribution in [-0.4, -0.2) is 61.0 Å². The van der Waals surface area contributed by atoms with Gasteiger partial charge in [-0.25, -0.2) is 0 Å². The fraction of sp³-hybridized carbons (Fsp3) is 0.444. The van der Waals surface area contributed by atoms with E-state index in [-0.39, 0.29) is 24.7 Å². The Kier molecular flexibility index (Phi) is 10.3. The van der Waals surface area contributed by atoms with E-state index in [1.807, 2.05) is 73.6 Å². The minimum absolute atomic E-state index is 0.0245. The number of amides is 2. The molecule has 0 aliphatic rings. The summed E-state index contributed by atoms with van der Waals surface area (Å²) in [7, 11) is 3.95. The zero-order valence-electron chi connectivity index (χ0n) is 20.6. The molecule has 0 aliphatic heterocycles. The highest BCUT2D eigenvalue weighted by molar-refractivity contribution is 5.88. The van der Waals surface area contributed by atoms with Crippen LogP contribution in [0.3, 0.4) is 0 Å². The molecule has 34 heavy (non-hydrogen) atoms. The number of hydrogen-bond donors (Lipinski definition) is 3. The van der Waals surface area contributed by atoms with Gasteiger partial charge in [0.2, 0.25) is 11.8 Å². The van der Waals surface area contributed by atoms with Crippen molar-refractivity contribution in [3.63, 3.8) is 0 Å². The number of hydrogen-bond acceptors (Lipinski definition) is 4. The standard InChI is InChI=1S/C27H37N3O4/c1-27(2,19-25(32)33)18-24(31)29-23(26(34)28-15-8-16-30(3)4)17-20-11-13-22(14-12-20)21-9-6-5-7-10-21/h5-7,9-14,23H,8,15-19H2,1-4H3,(H,28,34)(H,29,31)(H,32,33)/t23-/m1/s1. The molecule has 3 N–H and O–H groups in total. The summed E-state index contributed by atoms with van der Waals surface area (Å²) in [5, 5.41) is 14.8. The third-order valence-corrected chi connectivity index (χ3v) is 5.50. The first kappa shape index (κ1) is 27.1. The lowest BCUT2D eigenvalue weighted by atomic mass is 9.85. The molecule has 184 valence electrons. The fourth-order valence-electron chi connectivity index (χ4n) is 3.79. The Morgan fingerprint density at radius 2 is 1.56 bits per heavy atom. The van der Waals surface area contributed by atoms with Crippen molar-refractivity contribution in [3.05, 3.63) is 60.2 Å². The maximum atomic E-state index is 12.9. The molecule has 0 fully saturated rings. The van der Waals surface area contributed by atoms with E-state index in [0.717, 1.165) is 29.7 Å². The van der Waals surface area contributed by atoms with Crippen LogP contribution in [0.4, 0.5) is 0 Å². The van der Waals surface area contributed by atoms with Gasteiger partial charge in [0, 0.05) is 19.4 Å². The normalized spacial score (nSPS) is 12.3. The number of aliphatic carboxylic acids is 1. The summed E-state index contributed by atoms with van der Waals surface area (Å²) in [6, 6.07) is 17.2. The van der Waals surface area contributed by atoms with Gasteiger partial charge in [0.1, 0.15) is 6.04 Å². The first-order chi connectivity index (χ1) is 16.1. The number of benzene rings is 2. The molecule has 0 unspecified atom stereocenters. The lowest BCUT2D eigenvalue weighted by molar-refractivity contribution is -0.140. The fourth-order valence-corrected chi connectivity index (χ4v) is 3.79. The molecule has 2 aromatic rings. The van der Waals surface area contributed by atoms with Crippen molar-refractivity contribution in [1.82, 2.24) is 15.5 Å². The lowest BCUT2D eigenvalue weighted by Gasteiger charge is -2.24. The van der Waals surface area contributed by atoms with Gasteiger partial charge in [-0.15, -0.1) is 0 Å². The van der Waals surface area contributed by atoms with E-state index in [1.165, 1.54) is 0 Å². The Bertz CT molecular complexity index is 940. The number of rotatable bonds is 13. The summed E-state index contributed by atoms with van der Waals surface area (Å²) in [4.78, 5) is 38.8. The Morgan fingerprint density at radius 3 is 2.15 bits per heavy atom. The first-order valence-electron chi connectivity index (χ1n) is 11.6. The molecule has 7 nitrogen and oxygen atoms in total. The largest absolute Gasteiger partial charge is 0.481 e. The molecule has 0 heterocycles. The summed E-state index contributed by atoms with van der Waals surface area (Å²) < 4.78 is 0. The van der Waals surface area contributed by atoms with Crippen LogP contribution in [0, 0.1) is 5.41 Å². The molecule has 0 aliphatic carbocycles. The third-order valence-electron chi connectivity index (χ3n) is 5.50. The van der Waals surface area contributed by atoms with Crippen LogP contribution in [0.1, 0.15) is 38.7 Å². The van der Waals surface area contributed by atoms with Crippen LogP contribution < -0.4 is 10.6 Å². The Labute approximate surface area is 202 Å². The minimum Gasteiger partial charge on any atom is -0.481 e. The van der Waals surface area contributed by atoms with E-state index in [0.29, 0.717) is 13.0 Å². The van der Waals surface area contributed by atoms with Gasteiger partial charge in [0.25, 0.3) is 0 Å². The highest BCUT2D eigenvalue weighted by Crippen LogP contribution is 2.25. The predicted octanol–water partition coefficient (Wildman–Crippen LogP) is 3.34. The van der Waals surface area contributed by atoms with Gasteiger partial charge in [-0.3, -0.25) is 14.4 Å². The van der Waals surface area contributed by atoms with E-state index in [4.69, 9.17) is 5.11 Å². The van der Waals surface area contributed by atoms with Crippen molar-refractivity contribution in [1.29, 1.82) is 0 Å². The Morgan fingerprint density at radius 1 is 0.941 bits per heavy atom. The molecule has 1 atom stereocenters. The lowest BCUT2D eigenvalue weighted by Crippen LogP contribution is -2.49. The molecule has 0 radical (unpaired) electrons. The first-order valence-corrected chi connectivity index (χ1v) is 11.6. The Hall–Kier alpha value is -3.19.